The molecule has 4 heteroatoms. The van der Waals surface area contributed by atoms with Crippen molar-refractivity contribution in [2.75, 3.05) is 6.61 Å². The van der Waals surface area contributed by atoms with Gasteiger partial charge in [0.1, 0.15) is 0 Å². The molecule has 0 aliphatic rings. The summed E-state index contributed by atoms with van der Waals surface area (Å²) in [5.41, 5.74) is 0.363. The van der Waals surface area contributed by atoms with Gasteiger partial charge in [0.05, 0.1) is 11.7 Å². The van der Waals surface area contributed by atoms with E-state index >= 15 is 0 Å². The minimum atomic E-state index is -4.25. The molecule has 0 amide bonds. The highest BCUT2D eigenvalue weighted by molar-refractivity contribution is 5.24. The van der Waals surface area contributed by atoms with Gasteiger partial charge in [-0.1, -0.05) is 25.5 Å². The lowest BCUT2D eigenvalue weighted by Crippen LogP contribution is -2.07. The normalized spacial score (nSPS) is 13.4. The standard InChI is InChI=1S/C16H22F3O/c1-3-13(2)20-12-6-4-5-7-14-8-10-15(11-9-14)16(17,18)19/h8-11,13H,1,3-7,12H2,2H3. The van der Waals surface area contributed by atoms with Gasteiger partial charge in [-0.25, -0.2) is 0 Å². The van der Waals surface area contributed by atoms with Crippen molar-refractivity contribution in [1.29, 1.82) is 0 Å². The number of alkyl halides is 3. The van der Waals surface area contributed by atoms with E-state index in [0.29, 0.717) is 0 Å². The van der Waals surface area contributed by atoms with Gasteiger partial charge in [-0.15, -0.1) is 0 Å². The Morgan fingerprint density at radius 3 is 2.30 bits per heavy atom. The molecule has 0 fully saturated rings. The minimum absolute atomic E-state index is 0.199. The number of unbranched alkanes of at least 4 members (excludes halogenated alkanes) is 2. The van der Waals surface area contributed by atoms with Gasteiger partial charge in [0.25, 0.3) is 0 Å². The molecule has 0 spiro atoms. The fourth-order valence-electron chi connectivity index (χ4n) is 1.84. The molecule has 0 bridgehead atoms. The lowest BCUT2D eigenvalue weighted by atomic mass is 10.1. The van der Waals surface area contributed by atoms with Gasteiger partial charge >= 0.3 is 6.18 Å². The average Bonchev–Trinajstić information content (AvgIpc) is 2.41. The molecule has 0 N–H and O–H groups in total. The second kappa shape index (κ2) is 8.30. The third-order valence-corrected chi connectivity index (χ3v) is 3.20. The second-order valence-electron chi connectivity index (χ2n) is 4.98. The first-order valence-electron chi connectivity index (χ1n) is 7.00. The molecule has 20 heavy (non-hydrogen) atoms. The Labute approximate surface area is 119 Å². The van der Waals surface area contributed by atoms with Crippen LogP contribution >= 0.6 is 0 Å². The molecular weight excluding hydrogens is 265 g/mol. The van der Waals surface area contributed by atoms with Gasteiger partial charge in [0, 0.05) is 6.61 Å². The van der Waals surface area contributed by atoms with E-state index in [-0.39, 0.29) is 6.10 Å². The van der Waals surface area contributed by atoms with Gasteiger partial charge in [-0.05, 0) is 50.3 Å². The molecule has 1 unspecified atom stereocenters. The number of hydrogen-bond acceptors (Lipinski definition) is 1. The van der Waals surface area contributed by atoms with Crippen molar-refractivity contribution in [2.45, 2.75) is 51.3 Å². The summed E-state index contributed by atoms with van der Waals surface area (Å²) in [5, 5.41) is 0. The first-order valence-corrected chi connectivity index (χ1v) is 7.00. The van der Waals surface area contributed by atoms with E-state index in [1.807, 2.05) is 6.92 Å². The summed E-state index contributed by atoms with van der Waals surface area (Å²) < 4.78 is 42.7. The third-order valence-electron chi connectivity index (χ3n) is 3.20. The smallest absolute Gasteiger partial charge is 0.379 e. The molecule has 113 valence electrons. The maximum atomic E-state index is 12.4. The quantitative estimate of drug-likeness (QED) is 0.608. The van der Waals surface area contributed by atoms with Crippen molar-refractivity contribution in [2.24, 2.45) is 0 Å². The summed E-state index contributed by atoms with van der Waals surface area (Å²) in [6.45, 7) is 6.48. The fraction of sp³-hybridized carbons (Fsp3) is 0.562. The van der Waals surface area contributed by atoms with Crippen LogP contribution in [0.3, 0.4) is 0 Å². The highest BCUT2D eigenvalue weighted by atomic mass is 19.4. The molecule has 0 aliphatic heterocycles. The summed E-state index contributed by atoms with van der Waals surface area (Å²) in [5.74, 6) is 0. The predicted molar refractivity (Wildman–Crippen MR) is 74.4 cm³/mol. The van der Waals surface area contributed by atoms with E-state index < -0.39 is 11.7 Å². The van der Waals surface area contributed by atoms with Crippen molar-refractivity contribution in [3.05, 3.63) is 42.3 Å². The molecule has 0 aromatic heterocycles. The molecule has 1 atom stereocenters. The maximum Gasteiger partial charge on any atom is 0.416 e. The number of rotatable bonds is 8. The SMILES string of the molecule is [CH2]CC(C)OCCCCCc1ccc(C(F)(F)F)cc1. The lowest BCUT2D eigenvalue weighted by molar-refractivity contribution is -0.137. The van der Waals surface area contributed by atoms with Crippen molar-refractivity contribution in [3.63, 3.8) is 0 Å². The van der Waals surface area contributed by atoms with Crippen LogP contribution in [-0.2, 0) is 17.3 Å². The highest BCUT2D eigenvalue weighted by Crippen LogP contribution is 2.29. The van der Waals surface area contributed by atoms with Gasteiger partial charge in [-0.3, -0.25) is 0 Å². The molecule has 1 radical (unpaired) electrons. The fourth-order valence-corrected chi connectivity index (χ4v) is 1.84. The molecule has 1 aromatic carbocycles. The molecule has 1 aromatic rings. The molecule has 0 heterocycles. The molecular formula is C16H22F3O. The number of benzene rings is 1. The van der Waals surface area contributed by atoms with Gasteiger partial charge in [0.15, 0.2) is 0 Å². The van der Waals surface area contributed by atoms with Crippen molar-refractivity contribution in [1.82, 2.24) is 0 Å². The third kappa shape index (κ3) is 6.42. The largest absolute Gasteiger partial charge is 0.416 e. The van der Waals surface area contributed by atoms with Crippen LogP contribution < -0.4 is 0 Å². The van der Waals surface area contributed by atoms with Gasteiger partial charge in [-0.2, -0.15) is 13.2 Å². The Kier molecular flexibility index (Phi) is 7.06. The molecule has 0 saturated heterocycles. The van der Waals surface area contributed by atoms with Gasteiger partial charge in [0.2, 0.25) is 0 Å². The predicted octanol–water partition coefficient (Wildman–Crippen LogP) is 5.05. The van der Waals surface area contributed by atoms with E-state index in [0.717, 1.165) is 56.4 Å². The first kappa shape index (κ1) is 17.0. The number of aryl methyl sites for hydroxylation is 1. The number of hydrogen-bond donors (Lipinski definition) is 0. The van der Waals surface area contributed by atoms with Crippen LogP contribution in [0.1, 0.15) is 43.7 Å². The topological polar surface area (TPSA) is 9.23 Å². The average molecular weight is 287 g/mol. The minimum Gasteiger partial charge on any atom is -0.379 e. The molecule has 1 nitrogen and oxygen atoms in total. The zero-order valence-electron chi connectivity index (χ0n) is 11.9. The first-order chi connectivity index (χ1) is 9.43. The Morgan fingerprint density at radius 2 is 1.75 bits per heavy atom. The Hall–Kier alpha value is -1.03. The summed E-state index contributed by atoms with van der Waals surface area (Å²) in [4.78, 5) is 0. The lowest BCUT2D eigenvalue weighted by Gasteiger charge is -2.10. The van der Waals surface area contributed by atoms with Crippen LogP contribution in [0.2, 0.25) is 0 Å². The van der Waals surface area contributed by atoms with E-state index in [1.165, 1.54) is 0 Å². The molecule has 0 aliphatic carbocycles. The number of halogens is 3. The zero-order valence-corrected chi connectivity index (χ0v) is 11.9. The van der Waals surface area contributed by atoms with E-state index in [4.69, 9.17) is 4.74 Å². The highest BCUT2D eigenvalue weighted by Gasteiger charge is 2.29. The Morgan fingerprint density at radius 1 is 1.10 bits per heavy atom. The van der Waals surface area contributed by atoms with Crippen LogP contribution in [0.25, 0.3) is 0 Å². The second-order valence-corrected chi connectivity index (χ2v) is 4.98. The van der Waals surface area contributed by atoms with Crippen LogP contribution in [0.4, 0.5) is 13.2 Å². The Bertz CT molecular complexity index is 370. The van der Waals surface area contributed by atoms with E-state index in [2.05, 4.69) is 6.92 Å². The Balaban J connectivity index is 2.19. The monoisotopic (exact) mass is 287 g/mol. The zero-order chi connectivity index (χ0) is 15.0. The molecule has 0 saturated carbocycles. The van der Waals surface area contributed by atoms with Crippen LogP contribution in [-0.4, -0.2) is 12.7 Å². The molecule has 1 rings (SSSR count). The van der Waals surface area contributed by atoms with Gasteiger partial charge < -0.3 is 4.74 Å². The van der Waals surface area contributed by atoms with Crippen molar-refractivity contribution < 1.29 is 17.9 Å². The van der Waals surface area contributed by atoms with Crippen molar-refractivity contribution in [3.8, 4) is 0 Å². The van der Waals surface area contributed by atoms with Crippen LogP contribution in [0.15, 0.2) is 24.3 Å². The van der Waals surface area contributed by atoms with Crippen molar-refractivity contribution >= 4 is 0 Å². The van der Waals surface area contributed by atoms with Crippen LogP contribution in [0.5, 0.6) is 0 Å². The van der Waals surface area contributed by atoms with E-state index in [1.54, 1.807) is 12.1 Å². The summed E-state index contributed by atoms with van der Waals surface area (Å²) in [6, 6.07) is 5.41. The maximum absolute atomic E-state index is 12.4. The summed E-state index contributed by atoms with van der Waals surface area (Å²) in [6.07, 6.45) is 0.489. The summed E-state index contributed by atoms with van der Waals surface area (Å²) >= 11 is 0. The van der Waals surface area contributed by atoms with Crippen LogP contribution in [0, 0.1) is 6.92 Å². The number of ether oxygens (including phenoxy) is 1. The summed E-state index contributed by atoms with van der Waals surface area (Å²) in [7, 11) is 0. The van der Waals surface area contributed by atoms with E-state index in [9.17, 15) is 13.2 Å².